The van der Waals surface area contributed by atoms with Gasteiger partial charge in [0, 0.05) is 31.9 Å². The fourth-order valence-electron chi connectivity index (χ4n) is 5.05. The highest BCUT2D eigenvalue weighted by molar-refractivity contribution is 7.82. The van der Waals surface area contributed by atoms with Crippen molar-refractivity contribution in [2.24, 2.45) is 10.9 Å². The molecule has 4 aliphatic rings. The second-order valence-electron chi connectivity index (χ2n) is 8.70. The average Bonchev–Trinajstić information content (AvgIpc) is 2.85. The summed E-state index contributed by atoms with van der Waals surface area (Å²) < 4.78 is 15.8. The summed E-state index contributed by atoms with van der Waals surface area (Å²) in [6.45, 7) is 2.69. The van der Waals surface area contributed by atoms with Crippen molar-refractivity contribution < 1.29 is 4.21 Å². The van der Waals surface area contributed by atoms with Gasteiger partial charge in [-0.2, -0.15) is 0 Å². The Bertz CT molecular complexity index is 1170. The van der Waals surface area contributed by atoms with Gasteiger partial charge in [-0.25, -0.2) is 13.5 Å². The van der Waals surface area contributed by atoms with Gasteiger partial charge in [0.05, 0.1) is 16.6 Å². The molecule has 2 saturated heterocycles. The third kappa shape index (κ3) is 3.44. The van der Waals surface area contributed by atoms with E-state index in [2.05, 4.69) is 50.9 Å². The molecule has 0 amide bonds. The van der Waals surface area contributed by atoms with Gasteiger partial charge in [0.25, 0.3) is 0 Å². The Hall–Kier alpha value is -2.96. The first-order valence-corrected chi connectivity index (χ1v) is 12.4. The molecule has 1 aliphatic carbocycles. The third-order valence-corrected chi connectivity index (χ3v) is 8.37. The highest BCUT2D eigenvalue weighted by Gasteiger charge is 2.45. The van der Waals surface area contributed by atoms with Gasteiger partial charge in [-0.3, -0.25) is 0 Å². The number of nitrogens with zero attached hydrogens (tertiary/aromatic N) is 3. The number of allylic oxidation sites excluding steroid dienone is 2. The van der Waals surface area contributed by atoms with Crippen LogP contribution in [-0.2, 0) is 11.0 Å². The predicted octanol–water partition coefficient (Wildman–Crippen LogP) is 3.72. The maximum atomic E-state index is 13.7. The maximum absolute atomic E-state index is 13.7. The summed E-state index contributed by atoms with van der Waals surface area (Å²) in [7, 11) is -1.19. The van der Waals surface area contributed by atoms with E-state index in [9.17, 15) is 4.21 Å². The van der Waals surface area contributed by atoms with E-state index in [4.69, 9.17) is 4.99 Å². The number of aliphatic imine (C=N–C) groups is 1. The van der Waals surface area contributed by atoms with E-state index < -0.39 is 11.0 Å². The van der Waals surface area contributed by atoms with Crippen molar-refractivity contribution in [3.05, 3.63) is 90.9 Å². The third-order valence-electron chi connectivity index (χ3n) is 6.84. The molecule has 3 aliphatic heterocycles. The van der Waals surface area contributed by atoms with Crippen molar-refractivity contribution in [2.45, 2.75) is 23.4 Å². The summed E-state index contributed by atoms with van der Waals surface area (Å²) in [5, 5.41) is 3.46. The van der Waals surface area contributed by atoms with Crippen LogP contribution in [-0.4, -0.2) is 50.8 Å². The fourth-order valence-corrected chi connectivity index (χ4v) is 6.46. The Morgan fingerprint density at radius 2 is 1.84 bits per heavy atom. The first-order chi connectivity index (χ1) is 15.8. The van der Waals surface area contributed by atoms with Gasteiger partial charge < -0.3 is 10.2 Å². The molecule has 3 heterocycles. The number of fused-ring (bicyclic) bond motifs is 2. The van der Waals surface area contributed by atoms with Gasteiger partial charge in [-0.05, 0) is 35.6 Å². The zero-order chi connectivity index (χ0) is 21.5. The van der Waals surface area contributed by atoms with Crippen LogP contribution >= 0.6 is 0 Å². The van der Waals surface area contributed by atoms with E-state index >= 15 is 0 Å². The van der Waals surface area contributed by atoms with Gasteiger partial charge in [0.1, 0.15) is 16.8 Å². The second-order valence-corrected chi connectivity index (χ2v) is 10.1. The SMILES string of the molecule is O=S(c1ccccc1-c1ccccc1)N1CCC2CN(C3=CNC4C=CC=CC4=N3)C2C1. The number of nitrogens with one attached hydrogen (secondary N) is 1. The van der Waals surface area contributed by atoms with Crippen LogP contribution < -0.4 is 5.32 Å². The van der Waals surface area contributed by atoms with Gasteiger partial charge in [-0.1, -0.05) is 66.8 Å². The van der Waals surface area contributed by atoms with Crippen molar-refractivity contribution in [3.63, 3.8) is 0 Å². The molecular formula is C26H26N4OS. The van der Waals surface area contributed by atoms with Crippen LogP contribution in [0.25, 0.3) is 11.1 Å². The van der Waals surface area contributed by atoms with Crippen LogP contribution in [0.4, 0.5) is 0 Å². The summed E-state index contributed by atoms with van der Waals surface area (Å²) >= 11 is 0. The van der Waals surface area contributed by atoms with Crippen LogP contribution in [0.1, 0.15) is 6.42 Å². The van der Waals surface area contributed by atoms with E-state index in [1.165, 1.54) is 0 Å². The zero-order valence-corrected chi connectivity index (χ0v) is 18.6. The lowest BCUT2D eigenvalue weighted by molar-refractivity contribution is 0.00248. The molecule has 4 atom stereocenters. The monoisotopic (exact) mass is 442 g/mol. The number of likely N-dealkylation sites (tertiary alicyclic amines) is 1. The lowest BCUT2D eigenvalue weighted by Crippen LogP contribution is -2.63. The van der Waals surface area contributed by atoms with Gasteiger partial charge in [0.2, 0.25) is 0 Å². The summed E-state index contributed by atoms with van der Waals surface area (Å²) in [6, 6.07) is 18.8. The van der Waals surface area contributed by atoms with Crippen molar-refractivity contribution in [2.75, 3.05) is 19.6 Å². The van der Waals surface area contributed by atoms with E-state index in [1.54, 1.807) is 0 Å². The quantitative estimate of drug-likeness (QED) is 0.785. The summed E-state index contributed by atoms with van der Waals surface area (Å²) in [6.07, 6.45) is 11.4. The molecule has 6 rings (SSSR count). The zero-order valence-electron chi connectivity index (χ0n) is 17.8. The van der Waals surface area contributed by atoms with Crippen LogP contribution in [0.3, 0.4) is 0 Å². The highest BCUT2D eigenvalue weighted by atomic mass is 32.2. The Kier molecular flexibility index (Phi) is 5.04. The maximum Gasteiger partial charge on any atom is 0.145 e. The minimum absolute atomic E-state index is 0.172. The molecule has 2 aromatic carbocycles. The molecule has 162 valence electrons. The van der Waals surface area contributed by atoms with E-state index in [0.29, 0.717) is 12.0 Å². The molecule has 0 saturated carbocycles. The van der Waals surface area contributed by atoms with Crippen molar-refractivity contribution in [1.29, 1.82) is 0 Å². The Morgan fingerprint density at radius 1 is 1.00 bits per heavy atom. The molecule has 5 nitrogen and oxygen atoms in total. The lowest BCUT2D eigenvalue weighted by Gasteiger charge is -2.54. The molecular weight excluding hydrogens is 416 g/mol. The normalized spacial score (nSPS) is 27.4. The molecule has 2 aromatic rings. The first kappa shape index (κ1) is 19.7. The smallest absolute Gasteiger partial charge is 0.145 e. The molecule has 0 bridgehead atoms. The number of hydrogen-bond acceptors (Lipinski definition) is 4. The summed E-state index contributed by atoms with van der Waals surface area (Å²) in [5.41, 5.74) is 3.21. The molecule has 6 heteroatoms. The topological polar surface area (TPSA) is 47.9 Å². The Morgan fingerprint density at radius 3 is 2.75 bits per heavy atom. The lowest BCUT2D eigenvalue weighted by atomic mass is 9.83. The molecule has 0 aromatic heterocycles. The first-order valence-electron chi connectivity index (χ1n) is 11.3. The van der Waals surface area contributed by atoms with Gasteiger partial charge >= 0.3 is 0 Å². The van der Waals surface area contributed by atoms with E-state index in [-0.39, 0.29) is 6.04 Å². The van der Waals surface area contributed by atoms with Crippen LogP contribution in [0, 0.1) is 5.92 Å². The second kappa shape index (κ2) is 8.19. The molecule has 2 fully saturated rings. The highest BCUT2D eigenvalue weighted by Crippen LogP contribution is 2.38. The van der Waals surface area contributed by atoms with Crippen molar-refractivity contribution in [1.82, 2.24) is 14.5 Å². The Labute approximate surface area is 191 Å². The fraction of sp³-hybridized carbons (Fsp3) is 0.269. The van der Waals surface area contributed by atoms with Crippen LogP contribution in [0.5, 0.6) is 0 Å². The standard InChI is InChI=1S/C26H26N4OS/c31-32(25-13-7-4-10-21(25)19-8-2-1-3-9-19)29-15-14-20-17-30(24(20)18-29)26-16-27-22-11-5-6-12-23(22)28-26/h1-13,16,20,22,24,27H,14-15,17-18H2. The summed E-state index contributed by atoms with van der Waals surface area (Å²) in [4.78, 5) is 8.17. The Balaban J connectivity index is 1.21. The summed E-state index contributed by atoms with van der Waals surface area (Å²) in [5.74, 6) is 1.64. The predicted molar refractivity (Wildman–Crippen MR) is 129 cm³/mol. The largest absolute Gasteiger partial charge is 0.376 e. The number of benzene rings is 2. The van der Waals surface area contributed by atoms with Crippen molar-refractivity contribution >= 4 is 16.7 Å². The van der Waals surface area contributed by atoms with Crippen LogP contribution in [0.2, 0.25) is 0 Å². The molecule has 0 radical (unpaired) electrons. The molecule has 4 unspecified atom stereocenters. The molecule has 32 heavy (non-hydrogen) atoms. The van der Waals surface area contributed by atoms with Crippen molar-refractivity contribution in [3.8, 4) is 11.1 Å². The minimum atomic E-state index is -1.19. The van der Waals surface area contributed by atoms with Gasteiger partial charge in [-0.15, -0.1) is 0 Å². The number of piperidine rings is 1. The molecule has 0 spiro atoms. The number of hydrogen-bond donors (Lipinski definition) is 1. The number of rotatable bonds is 4. The minimum Gasteiger partial charge on any atom is -0.376 e. The van der Waals surface area contributed by atoms with Crippen LogP contribution in [0.15, 0.2) is 101 Å². The van der Waals surface area contributed by atoms with E-state index in [0.717, 1.165) is 53.6 Å². The molecule has 1 N–H and O–H groups in total. The average molecular weight is 443 g/mol. The van der Waals surface area contributed by atoms with E-state index in [1.807, 2.05) is 48.7 Å². The van der Waals surface area contributed by atoms with Gasteiger partial charge in [0.15, 0.2) is 0 Å².